The molecule has 2 aromatic rings. The number of amides is 1. The van der Waals surface area contributed by atoms with E-state index in [4.69, 9.17) is 10.5 Å². The fraction of sp³-hybridized carbons (Fsp3) is 0.182. The maximum atomic E-state index is 10.7. The Hall–Kier alpha value is -1.97. The van der Waals surface area contributed by atoms with Crippen molar-refractivity contribution in [2.75, 3.05) is 7.11 Å². The molecule has 0 bridgehead atoms. The molecule has 1 amide bonds. The van der Waals surface area contributed by atoms with Crippen LogP contribution in [0, 0.1) is 0 Å². The lowest BCUT2D eigenvalue weighted by atomic mass is 10.1. The summed E-state index contributed by atoms with van der Waals surface area (Å²) in [6, 6.07) is 5.61. The van der Waals surface area contributed by atoms with Gasteiger partial charge in [0, 0.05) is 17.1 Å². The number of hydrogen-bond acceptors (Lipinski definition) is 2. The molecule has 0 atom stereocenters. The quantitative estimate of drug-likeness (QED) is 0.822. The highest BCUT2D eigenvalue weighted by Gasteiger charge is 2.07. The SMILES string of the molecule is COc1ccc2[nH]cc(CC([NH])=O)c2c1. The average Bonchev–Trinajstić information content (AvgIpc) is 2.60. The van der Waals surface area contributed by atoms with E-state index >= 15 is 0 Å². The van der Waals surface area contributed by atoms with Crippen LogP contribution in [0.4, 0.5) is 0 Å². The van der Waals surface area contributed by atoms with E-state index in [-0.39, 0.29) is 6.42 Å². The highest BCUT2D eigenvalue weighted by Crippen LogP contribution is 2.23. The zero-order chi connectivity index (χ0) is 10.8. The Labute approximate surface area is 87.0 Å². The Morgan fingerprint density at radius 2 is 2.33 bits per heavy atom. The van der Waals surface area contributed by atoms with Gasteiger partial charge in [0.05, 0.1) is 13.5 Å². The number of aromatic nitrogens is 1. The number of hydrogen-bond donors (Lipinski definition) is 1. The van der Waals surface area contributed by atoms with Crippen molar-refractivity contribution in [2.45, 2.75) is 6.42 Å². The summed E-state index contributed by atoms with van der Waals surface area (Å²) in [6.07, 6.45) is 1.89. The van der Waals surface area contributed by atoms with Crippen LogP contribution < -0.4 is 10.5 Å². The number of rotatable bonds is 3. The molecule has 0 aliphatic carbocycles. The van der Waals surface area contributed by atoms with E-state index in [1.807, 2.05) is 18.2 Å². The second kappa shape index (κ2) is 3.65. The third-order valence-corrected chi connectivity index (χ3v) is 2.33. The summed E-state index contributed by atoms with van der Waals surface area (Å²) in [6.45, 7) is 0. The monoisotopic (exact) mass is 203 g/mol. The zero-order valence-corrected chi connectivity index (χ0v) is 8.33. The summed E-state index contributed by atoms with van der Waals surface area (Å²) < 4.78 is 5.11. The van der Waals surface area contributed by atoms with E-state index < -0.39 is 5.91 Å². The summed E-state index contributed by atoms with van der Waals surface area (Å²) in [5.41, 5.74) is 8.73. The average molecular weight is 203 g/mol. The van der Waals surface area contributed by atoms with Gasteiger partial charge >= 0.3 is 0 Å². The highest BCUT2D eigenvalue weighted by molar-refractivity contribution is 5.89. The normalized spacial score (nSPS) is 10.5. The molecule has 4 heteroatoms. The van der Waals surface area contributed by atoms with E-state index in [2.05, 4.69) is 4.98 Å². The van der Waals surface area contributed by atoms with E-state index in [1.54, 1.807) is 13.3 Å². The summed E-state index contributed by atoms with van der Waals surface area (Å²) >= 11 is 0. The first-order valence-corrected chi connectivity index (χ1v) is 4.59. The Kier molecular flexibility index (Phi) is 2.33. The fourth-order valence-electron chi connectivity index (χ4n) is 1.60. The first-order valence-electron chi connectivity index (χ1n) is 4.59. The first-order chi connectivity index (χ1) is 7.20. The van der Waals surface area contributed by atoms with E-state index in [9.17, 15) is 4.79 Å². The molecule has 2 rings (SSSR count). The molecule has 4 nitrogen and oxygen atoms in total. The van der Waals surface area contributed by atoms with Crippen molar-refractivity contribution in [3.05, 3.63) is 30.0 Å². The molecule has 77 valence electrons. The predicted molar refractivity (Wildman–Crippen MR) is 56.7 cm³/mol. The molecule has 1 aromatic heterocycles. The van der Waals surface area contributed by atoms with Crippen molar-refractivity contribution >= 4 is 16.8 Å². The van der Waals surface area contributed by atoms with E-state index in [0.29, 0.717) is 0 Å². The Morgan fingerprint density at radius 3 is 3.00 bits per heavy atom. The number of carbonyl (C=O) groups is 1. The number of nitrogens with one attached hydrogen (secondary N) is 2. The van der Waals surface area contributed by atoms with Gasteiger partial charge in [0.15, 0.2) is 0 Å². The Morgan fingerprint density at radius 1 is 1.53 bits per heavy atom. The van der Waals surface area contributed by atoms with Gasteiger partial charge in [-0.05, 0) is 23.8 Å². The highest BCUT2D eigenvalue weighted by atomic mass is 16.5. The largest absolute Gasteiger partial charge is 0.497 e. The van der Waals surface area contributed by atoms with Gasteiger partial charge in [0.25, 0.3) is 0 Å². The lowest BCUT2D eigenvalue weighted by molar-refractivity contribution is -0.118. The molecular weight excluding hydrogens is 192 g/mol. The second-order valence-electron chi connectivity index (χ2n) is 3.33. The Bertz CT molecular complexity index is 502. The van der Waals surface area contributed by atoms with Gasteiger partial charge in [0.2, 0.25) is 5.91 Å². The number of ether oxygens (including phenoxy) is 1. The van der Waals surface area contributed by atoms with Gasteiger partial charge in [-0.2, -0.15) is 0 Å². The molecular formula is C11H11N2O2. The molecule has 2 N–H and O–H groups in total. The molecule has 0 unspecified atom stereocenters. The molecule has 0 saturated carbocycles. The smallest absolute Gasteiger partial charge is 0.242 e. The number of carbonyl (C=O) groups excluding carboxylic acids is 1. The summed E-state index contributed by atoms with van der Waals surface area (Å²) in [4.78, 5) is 13.8. The first kappa shape index (κ1) is 9.58. The zero-order valence-electron chi connectivity index (χ0n) is 8.33. The van der Waals surface area contributed by atoms with Crippen LogP contribution in [0.1, 0.15) is 5.56 Å². The van der Waals surface area contributed by atoms with Crippen LogP contribution in [0.2, 0.25) is 0 Å². The predicted octanol–water partition coefficient (Wildman–Crippen LogP) is 1.53. The summed E-state index contributed by atoms with van der Waals surface area (Å²) in [7, 11) is 1.60. The van der Waals surface area contributed by atoms with Crippen LogP contribution in [-0.4, -0.2) is 18.0 Å². The van der Waals surface area contributed by atoms with Crippen LogP contribution >= 0.6 is 0 Å². The molecule has 0 spiro atoms. The van der Waals surface area contributed by atoms with E-state index in [1.165, 1.54) is 0 Å². The molecule has 0 saturated heterocycles. The standard InChI is InChI=1S/C11H11N2O2/c1-15-8-2-3-10-9(5-8)7(6-13-10)4-11(12)14/h2-3,5-6,12-13H,4H2,1H3. The van der Waals surface area contributed by atoms with Gasteiger partial charge in [-0.25, -0.2) is 0 Å². The molecule has 1 aromatic carbocycles. The van der Waals surface area contributed by atoms with Gasteiger partial charge in [-0.1, -0.05) is 0 Å². The fourth-order valence-corrected chi connectivity index (χ4v) is 1.60. The van der Waals surface area contributed by atoms with Crippen LogP contribution in [0.5, 0.6) is 5.75 Å². The number of methoxy groups -OCH3 is 1. The van der Waals surface area contributed by atoms with Crippen LogP contribution in [0.15, 0.2) is 24.4 Å². The van der Waals surface area contributed by atoms with Crippen molar-refractivity contribution < 1.29 is 9.53 Å². The third kappa shape index (κ3) is 1.79. The summed E-state index contributed by atoms with van der Waals surface area (Å²) in [5.74, 6) is 0.166. The lowest BCUT2D eigenvalue weighted by Gasteiger charge is -2.00. The second-order valence-corrected chi connectivity index (χ2v) is 3.33. The summed E-state index contributed by atoms with van der Waals surface area (Å²) in [5, 5.41) is 0.940. The molecule has 0 fully saturated rings. The number of fused-ring (bicyclic) bond motifs is 1. The maximum Gasteiger partial charge on any atom is 0.242 e. The minimum absolute atomic E-state index is 0.132. The van der Waals surface area contributed by atoms with Crippen LogP contribution in [0.3, 0.4) is 0 Å². The minimum Gasteiger partial charge on any atom is -0.497 e. The van der Waals surface area contributed by atoms with Crippen LogP contribution in [-0.2, 0) is 11.2 Å². The van der Waals surface area contributed by atoms with Crippen molar-refractivity contribution in [3.63, 3.8) is 0 Å². The molecule has 0 aliphatic heterocycles. The van der Waals surface area contributed by atoms with Crippen molar-refractivity contribution in [1.82, 2.24) is 10.7 Å². The molecule has 15 heavy (non-hydrogen) atoms. The number of H-pyrrole nitrogens is 1. The van der Waals surface area contributed by atoms with Gasteiger partial charge < -0.3 is 9.72 Å². The molecule has 0 aliphatic rings. The van der Waals surface area contributed by atoms with E-state index in [0.717, 1.165) is 22.2 Å². The minimum atomic E-state index is -0.585. The van der Waals surface area contributed by atoms with Crippen LogP contribution in [0.25, 0.3) is 10.9 Å². The van der Waals surface area contributed by atoms with Gasteiger partial charge in [-0.3, -0.25) is 10.5 Å². The topological polar surface area (TPSA) is 65.9 Å². The number of aromatic amines is 1. The third-order valence-electron chi connectivity index (χ3n) is 2.33. The van der Waals surface area contributed by atoms with Crippen molar-refractivity contribution in [1.29, 1.82) is 0 Å². The van der Waals surface area contributed by atoms with Gasteiger partial charge in [-0.15, -0.1) is 0 Å². The Balaban J connectivity index is 2.51. The maximum absolute atomic E-state index is 10.7. The molecule has 1 radical (unpaired) electrons. The molecule has 1 heterocycles. The van der Waals surface area contributed by atoms with Crippen molar-refractivity contribution in [3.8, 4) is 5.75 Å². The van der Waals surface area contributed by atoms with Crippen molar-refractivity contribution in [2.24, 2.45) is 0 Å². The lowest BCUT2D eigenvalue weighted by Crippen LogP contribution is -2.01. The van der Waals surface area contributed by atoms with Gasteiger partial charge in [0.1, 0.15) is 5.75 Å². The number of benzene rings is 1.